The summed E-state index contributed by atoms with van der Waals surface area (Å²) in [5.41, 5.74) is 0.867. The quantitative estimate of drug-likeness (QED) is 0.749. The third-order valence-corrected chi connectivity index (χ3v) is 5.85. The number of aliphatic hydroxyl groups excluding tert-OH is 1. The summed E-state index contributed by atoms with van der Waals surface area (Å²) in [6.45, 7) is 0. The largest absolute Gasteiger partial charge is 0.393 e. The van der Waals surface area contributed by atoms with Crippen LogP contribution >= 0.6 is 23.4 Å². The first-order chi connectivity index (χ1) is 12.6. The first-order valence-corrected chi connectivity index (χ1v) is 9.85. The van der Waals surface area contributed by atoms with Crippen molar-refractivity contribution >= 4 is 35.3 Å². The summed E-state index contributed by atoms with van der Waals surface area (Å²) >= 11 is 7.70. The Balaban J connectivity index is 1.65. The summed E-state index contributed by atoms with van der Waals surface area (Å²) in [6, 6.07) is 11.5. The number of aliphatic hydroxyl groups is 1. The van der Waals surface area contributed by atoms with Crippen molar-refractivity contribution in [1.82, 2.24) is 10.3 Å². The van der Waals surface area contributed by atoms with E-state index in [1.54, 1.807) is 18.3 Å². The number of hydrogen-bond acceptors (Lipinski definition) is 4. The topological polar surface area (TPSA) is 62.2 Å². The molecule has 0 atom stereocenters. The standard InChI is InChI=1S/C20H21ClN2O2S/c21-17-5-1-2-6-18(17)26-20-14(4-3-13-22-20)7-12-19(25)23-15-8-10-16(24)11-9-15/h1-7,12-13,15-16,24H,8-11H2,(H,23,25). The van der Waals surface area contributed by atoms with E-state index in [4.69, 9.17) is 11.6 Å². The third-order valence-electron chi connectivity index (χ3n) is 4.30. The molecule has 4 nitrogen and oxygen atoms in total. The highest BCUT2D eigenvalue weighted by molar-refractivity contribution is 7.99. The zero-order valence-corrected chi connectivity index (χ0v) is 15.8. The predicted octanol–water partition coefficient (Wildman–Crippen LogP) is 4.32. The van der Waals surface area contributed by atoms with Gasteiger partial charge in [-0.05, 0) is 50.0 Å². The van der Waals surface area contributed by atoms with Crippen molar-refractivity contribution in [2.75, 3.05) is 0 Å². The highest BCUT2D eigenvalue weighted by Gasteiger charge is 2.19. The average Bonchev–Trinajstić information content (AvgIpc) is 2.65. The van der Waals surface area contributed by atoms with Crippen molar-refractivity contribution in [2.45, 2.75) is 47.8 Å². The molecule has 1 aliphatic rings. The van der Waals surface area contributed by atoms with Gasteiger partial charge in [0.15, 0.2) is 0 Å². The minimum atomic E-state index is -0.224. The number of benzene rings is 1. The predicted molar refractivity (Wildman–Crippen MR) is 105 cm³/mol. The minimum Gasteiger partial charge on any atom is -0.393 e. The molecule has 1 saturated carbocycles. The van der Waals surface area contributed by atoms with Crippen LogP contribution in [0.25, 0.3) is 6.08 Å². The van der Waals surface area contributed by atoms with Crippen molar-refractivity contribution in [1.29, 1.82) is 0 Å². The van der Waals surface area contributed by atoms with Gasteiger partial charge in [0, 0.05) is 28.8 Å². The van der Waals surface area contributed by atoms with Crippen molar-refractivity contribution in [2.24, 2.45) is 0 Å². The fourth-order valence-corrected chi connectivity index (χ4v) is 4.02. The first kappa shape index (κ1) is 19.0. The molecular weight excluding hydrogens is 368 g/mol. The second-order valence-corrected chi connectivity index (χ2v) is 7.72. The Morgan fingerprint density at radius 3 is 2.73 bits per heavy atom. The molecule has 2 aromatic rings. The van der Waals surface area contributed by atoms with Gasteiger partial charge in [0.2, 0.25) is 5.91 Å². The van der Waals surface area contributed by atoms with Gasteiger partial charge in [-0.3, -0.25) is 4.79 Å². The molecule has 0 unspecified atom stereocenters. The van der Waals surface area contributed by atoms with Crippen LogP contribution in [0.1, 0.15) is 31.2 Å². The summed E-state index contributed by atoms with van der Waals surface area (Å²) < 4.78 is 0. The van der Waals surface area contributed by atoms with E-state index in [1.165, 1.54) is 11.8 Å². The maximum atomic E-state index is 12.2. The van der Waals surface area contributed by atoms with Gasteiger partial charge < -0.3 is 10.4 Å². The number of aromatic nitrogens is 1. The van der Waals surface area contributed by atoms with Crippen LogP contribution in [-0.4, -0.2) is 28.1 Å². The van der Waals surface area contributed by atoms with Crippen molar-refractivity contribution < 1.29 is 9.90 Å². The van der Waals surface area contributed by atoms with Crippen LogP contribution in [0.4, 0.5) is 0 Å². The number of nitrogens with one attached hydrogen (secondary N) is 1. The lowest BCUT2D eigenvalue weighted by atomic mass is 9.93. The van der Waals surface area contributed by atoms with Gasteiger partial charge in [0.25, 0.3) is 0 Å². The Morgan fingerprint density at radius 2 is 1.96 bits per heavy atom. The summed E-state index contributed by atoms with van der Waals surface area (Å²) in [6.07, 6.45) is 7.95. The average molecular weight is 389 g/mol. The van der Waals surface area contributed by atoms with Crippen molar-refractivity contribution in [3.05, 3.63) is 59.3 Å². The van der Waals surface area contributed by atoms with E-state index in [0.29, 0.717) is 5.02 Å². The molecule has 1 heterocycles. The molecule has 1 amide bonds. The molecule has 3 rings (SSSR count). The van der Waals surface area contributed by atoms with Crippen molar-refractivity contribution in [3.8, 4) is 0 Å². The van der Waals surface area contributed by atoms with E-state index in [0.717, 1.165) is 41.2 Å². The van der Waals surface area contributed by atoms with Gasteiger partial charge in [-0.2, -0.15) is 0 Å². The molecule has 0 saturated heterocycles. The molecular formula is C20H21ClN2O2S. The molecule has 0 aliphatic heterocycles. The zero-order valence-electron chi connectivity index (χ0n) is 14.3. The van der Waals surface area contributed by atoms with Gasteiger partial charge in [-0.15, -0.1) is 0 Å². The van der Waals surface area contributed by atoms with Crippen LogP contribution in [0.15, 0.2) is 58.6 Å². The fraction of sp³-hybridized carbons (Fsp3) is 0.300. The Hall–Kier alpha value is -1.82. The highest BCUT2D eigenvalue weighted by atomic mass is 35.5. The molecule has 0 spiro atoms. The molecule has 2 N–H and O–H groups in total. The fourth-order valence-electron chi connectivity index (χ4n) is 2.88. The molecule has 1 fully saturated rings. The smallest absolute Gasteiger partial charge is 0.244 e. The van der Waals surface area contributed by atoms with Crippen LogP contribution in [0.2, 0.25) is 5.02 Å². The molecule has 26 heavy (non-hydrogen) atoms. The van der Waals surface area contributed by atoms with E-state index in [9.17, 15) is 9.90 Å². The summed E-state index contributed by atoms with van der Waals surface area (Å²) in [5, 5.41) is 14.0. The monoisotopic (exact) mass is 388 g/mol. The van der Waals surface area contributed by atoms with Crippen LogP contribution in [0.5, 0.6) is 0 Å². The SMILES string of the molecule is O=C(C=Cc1cccnc1Sc1ccccc1Cl)NC1CCC(O)CC1. The van der Waals surface area contributed by atoms with E-state index < -0.39 is 0 Å². The molecule has 0 radical (unpaired) electrons. The number of nitrogens with zero attached hydrogens (tertiary/aromatic N) is 1. The van der Waals surface area contributed by atoms with Crippen LogP contribution < -0.4 is 5.32 Å². The summed E-state index contributed by atoms with van der Waals surface area (Å²) in [5.74, 6) is -0.121. The lowest BCUT2D eigenvalue weighted by Crippen LogP contribution is -2.37. The number of rotatable bonds is 5. The Morgan fingerprint density at radius 1 is 1.19 bits per heavy atom. The van der Waals surface area contributed by atoms with E-state index in [-0.39, 0.29) is 18.1 Å². The molecule has 0 bridgehead atoms. The van der Waals surface area contributed by atoms with Crippen LogP contribution in [-0.2, 0) is 4.79 Å². The maximum Gasteiger partial charge on any atom is 0.244 e. The molecule has 6 heteroatoms. The number of amides is 1. The second-order valence-electron chi connectivity index (χ2n) is 6.28. The third kappa shape index (κ3) is 5.34. The number of carbonyl (C=O) groups is 1. The number of carbonyl (C=O) groups excluding carboxylic acids is 1. The number of hydrogen-bond donors (Lipinski definition) is 2. The Kier molecular flexibility index (Phi) is 6.72. The lowest BCUT2D eigenvalue weighted by molar-refractivity contribution is -0.117. The second kappa shape index (κ2) is 9.21. The molecule has 1 aromatic heterocycles. The number of pyridine rings is 1. The van der Waals surface area contributed by atoms with Crippen LogP contribution in [0, 0.1) is 0 Å². The van der Waals surface area contributed by atoms with Gasteiger partial charge in [-0.1, -0.05) is 41.6 Å². The normalized spacial score (nSPS) is 20.2. The Bertz CT molecular complexity index is 789. The minimum absolute atomic E-state index is 0.121. The summed E-state index contributed by atoms with van der Waals surface area (Å²) in [4.78, 5) is 17.5. The maximum absolute atomic E-state index is 12.2. The molecule has 136 valence electrons. The summed E-state index contributed by atoms with van der Waals surface area (Å²) in [7, 11) is 0. The van der Waals surface area contributed by atoms with E-state index in [1.807, 2.05) is 36.4 Å². The zero-order chi connectivity index (χ0) is 18.4. The van der Waals surface area contributed by atoms with Gasteiger partial charge >= 0.3 is 0 Å². The Labute approximate surface area is 162 Å². The van der Waals surface area contributed by atoms with Crippen LogP contribution in [0.3, 0.4) is 0 Å². The first-order valence-electron chi connectivity index (χ1n) is 8.66. The lowest BCUT2D eigenvalue weighted by Gasteiger charge is -2.25. The molecule has 1 aliphatic carbocycles. The van der Waals surface area contributed by atoms with Gasteiger partial charge in [-0.25, -0.2) is 4.98 Å². The van der Waals surface area contributed by atoms with E-state index >= 15 is 0 Å². The molecule has 1 aromatic carbocycles. The van der Waals surface area contributed by atoms with Gasteiger partial charge in [0.1, 0.15) is 5.03 Å². The highest BCUT2D eigenvalue weighted by Crippen LogP contribution is 2.33. The van der Waals surface area contributed by atoms with Crippen molar-refractivity contribution in [3.63, 3.8) is 0 Å². The van der Waals surface area contributed by atoms with E-state index in [2.05, 4.69) is 10.3 Å². The van der Waals surface area contributed by atoms with Gasteiger partial charge in [0.05, 0.1) is 11.1 Å². The number of halogens is 1.